The number of aliphatic hydroxyl groups excluding tert-OH is 2. The van der Waals surface area contributed by atoms with Gasteiger partial charge in [0.15, 0.2) is 0 Å². The van der Waals surface area contributed by atoms with Crippen molar-refractivity contribution in [2.75, 3.05) is 26.8 Å². The van der Waals surface area contributed by atoms with Gasteiger partial charge in [-0.25, -0.2) is 0 Å². The van der Waals surface area contributed by atoms with Crippen LogP contribution in [0.5, 0.6) is 0 Å². The molecule has 0 bridgehead atoms. The van der Waals surface area contributed by atoms with Crippen molar-refractivity contribution in [3.8, 4) is 0 Å². The quantitative estimate of drug-likeness (QED) is 0.768. The highest BCUT2D eigenvalue weighted by Crippen LogP contribution is 2.19. The summed E-state index contributed by atoms with van der Waals surface area (Å²) >= 11 is 0. The Labute approximate surface area is 117 Å². The summed E-state index contributed by atoms with van der Waals surface area (Å²) < 4.78 is 0. The molecule has 108 valence electrons. The molecular weight excluding hydrogens is 256 g/mol. The van der Waals surface area contributed by atoms with E-state index in [1.807, 2.05) is 24.4 Å². The Morgan fingerprint density at radius 3 is 2.65 bits per heavy atom. The number of nitrogens with zero attached hydrogens (tertiary/aromatic N) is 1. The molecule has 0 aliphatic carbocycles. The Hall–Kier alpha value is -1.85. The van der Waals surface area contributed by atoms with Gasteiger partial charge >= 0.3 is 0 Å². The minimum absolute atomic E-state index is 0.124. The van der Waals surface area contributed by atoms with Crippen LogP contribution in [0.1, 0.15) is 17.3 Å². The van der Waals surface area contributed by atoms with Gasteiger partial charge in [0.05, 0.1) is 13.2 Å². The second kappa shape index (κ2) is 5.64. The molecule has 0 unspecified atom stereocenters. The summed E-state index contributed by atoms with van der Waals surface area (Å²) in [5, 5.41) is 19.6. The summed E-state index contributed by atoms with van der Waals surface area (Å²) in [5.74, 6) is -0.124. The fourth-order valence-electron chi connectivity index (χ4n) is 2.20. The molecule has 0 fully saturated rings. The Balaban J connectivity index is 2.17. The molecule has 3 N–H and O–H groups in total. The van der Waals surface area contributed by atoms with Crippen LogP contribution < -0.4 is 0 Å². The number of carbonyl (C=O) groups excluding carboxylic acids is 1. The minimum atomic E-state index is -0.692. The normalized spacial score (nSPS) is 11.8. The number of H-pyrrole nitrogens is 1. The summed E-state index contributed by atoms with van der Waals surface area (Å²) in [4.78, 5) is 17.0. The van der Waals surface area contributed by atoms with Crippen molar-refractivity contribution in [2.24, 2.45) is 5.41 Å². The third kappa shape index (κ3) is 2.84. The second-order valence-corrected chi connectivity index (χ2v) is 5.57. The Morgan fingerprint density at radius 2 is 2.00 bits per heavy atom. The van der Waals surface area contributed by atoms with Gasteiger partial charge in [-0.2, -0.15) is 0 Å². The van der Waals surface area contributed by atoms with E-state index in [-0.39, 0.29) is 19.1 Å². The van der Waals surface area contributed by atoms with Crippen LogP contribution >= 0.6 is 0 Å². The van der Waals surface area contributed by atoms with Gasteiger partial charge in [0, 0.05) is 41.7 Å². The van der Waals surface area contributed by atoms with Crippen LogP contribution in [0, 0.1) is 5.41 Å². The van der Waals surface area contributed by atoms with Gasteiger partial charge < -0.3 is 20.1 Å². The number of rotatable bonds is 5. The van der Waals surface area contributed by atoms with E-state index in [4.69, 9.17) is 0 Å². The summed E-state index contributed by atoms with van der Waals surface area (Å²) in [6.07, 6.45) is 1.83. The maximum absolute atomic E-state index is 12.4. The molecule has 0 aliphatic rings. The maximum atomic E-state index is 12.4. The zero-order valence-electron chi connectivity index (χ0n) is 11.8. The molecule has 0 radical (unpaired) electrons. The van der Waals surface area contributed by atoms with E-state index < -0.39 is 5.41 Å². The van der Waals surface area contributed by atoms with E-state index in [1.165, 1.54) is 4.90 Å². The van der Waals surface area contributed by atoms with Crippen LogP contribution in [-0.4, -0.2) is 52.8 Å². The minimum Gasteiger partial charge on any atom is -0.396 e. The first-order valence-corrected chi connectivity index (χ1v) is 6.53. The second-order valence-electron chi connectivity index (χ2n) is 5.57. The van der Waals surface area contributed by atoms with Crippen molar-refractivity contribution in [1.29, 1.82) is 0 Å². The number of benzene rings is 1. The van der Waals surface area contributed by atoms with Gasteiger partial charge in [0.25, 0.3) is 5.91 Å². The zero-order valence-corrected chi connectivity index (χ0v) is 11.8. The lowest BCUT2D eigenvalue weighted by molar-refractivity contribution is 0.0366. The van der Waals surface area contributed by atoms with Gasteiger partial charge in [-0.1, -0.05) is 6.92 Å². The molecule has 0 saturated carbocycles. The van der Waals surface area contributed by atoms with Crippen LogP contribution in [0.25, 0.3) is 10.9 Å². The third-order valence-electron chi connectivity index (χ3n) is 3.53. The molecule has 5 nitrogen and oxygen atoms in total. The lowest BCUT2D eigenvalue weighted by atomic mass is 9.92. The summed E-state index contributed by atoms with van der Waals surface area (Å²) in [6, 6.07) is 7.39. The highest BCUT2D eigenvalue weighted by molar-refractivity contribution is 5.97. The monoisotopic (exact) mass is 276 g/mol. The molecule has 5 heteroatoms. The lowest BCUT2D eigenvalue weighted by Crippen LogP contribution is -2.41. The van der Waals surface area contributed by atoms with Crippen molar-refractivity contribution >= 4 is 16.8 Å². The number of carbonyl (C=O) groups is 1. The molecular formula is C15H20N2O3. The summed E-state index contributed by atoms with van der Waals surface area (Å²) in [7, 11) is 1.67. The molecule has 0 aliphatic heterocycles. The van der Waals surface area contributed by atoms with Crippen LogP contribution in [-0.2, 0) is 0 Å². The molecule has 2 rings (SSSR count). The van der Waals surface area contributed by atoms with Gasteiger partial charge in [0.1, 0.15) is 0 Å². The van der Waals surface area contributed by atoms with Crippen molar-refractivity contribution in [3.05, 3.63) is 36.0 Å². The number of aliphatic hydroxyl groups is 2. The van der Waals surface area contributed by atoms with E-state index in [9.17, 15) is 15.0 Å². The molecule has 1 aromatic carbocycles. The molecule has 0 spiro atoms. The van der Waals surface area contributed by atoms with Crippen LogP contribution in [0.2, 0.25) is 0 Å². The molecule has 1 heterocycles. The lowest BCUT2D eigenvalue weighted by Gasteiger charge is -2.30. The predicted octanol–water partition coefficient (Wildman–Crippen LogP) is 1.23. The van der Waals surface area contributed by atoms with Crippen molar-refractivity contribution < 1.29 is 15.0 Å². The Kier molecular flexibility index (Phi) is 4.11. The zero-order chi connectivity index (χ0) is 14.8. The highest BCUT2D eigenvalue weighted by Gasteiger charge is 2.26. The first kappa shape index (κ1) is 14.6. The van der Waals surface area contributed by atoms with E-state index in [0.717, 1.165) is 10.9 Å². The fraction of sp³-hybridized carbons (Fsp3) is 0.400. The van der Waals surface area contributed by atoms with Gasteiger partial charge in [-0.05, 0) is 24.3 Å². The van der Waals surface area contributed by atoms with E-state index in [2.05, 4.69) is 4.98 Å². The highest BCUT2D eigenvalue weighted by atomic mass is 16.3. The largest absolute Gasteiger partial charge is 0.396 e. The molecule has 0 atom stereocenters. The maximum Gasteiger partial charge on any atom is 0.253 e. The number of aromatic nitrogens is 1. The van der Waals surface area contributed by atoms with Crippen molar-refractivity contribution in [3.63, 3.8) is 0 Å². The number of fused-ring (bicyclic) bond motifs is 1. The molecule has 0 saturated heterocycles. The molecule has 1 aromatic heterocycles. The first-order chi connectivity index (χ1) is 9.49. The SMILES string of the molecule is CN(CC(C)(CO)CO)C(=O)c1ccc2[nH]ccc2c1. The predicted molar refractivity (Wildman–Crippen MR) is 77.5 cm³/mol. The van der Waals surface area contributed by atoms with Gasteiger partial charge in [-0.15, -0.1) is 0 Å². The van der Waals surface area contributed by atoms with E-state index >= 15 is 0 Å². The summed E-state index contributed by atoms with van der Waals surface area (Å²) in [5.41, 5.74) is 0.889. The van der Waals surface area contributed by atoms with Crippen LogP contribution in [0.3, 0.4) is 0 Å². The standard InChI is InChI=1S/C15H20N2O3/c1-15(9-18,10-19)8-17(2)14(20)12-3-4-13-11(7-12)5-6-16-13/h3-7,16,18-19H,8-10H2,1-2H3. The molecule has 2 aromatic rings. The average molecular weight is 276 g/mol. The average Bonchev–Trinajstić information content (AvgIpc) is 2.93. The fourth-order valence-corrected chi connectivity index (χ4v) is 2.20. The smallest absolute Gasteiger partial charge is 0.253 e. The Bertz CT molecular complexity index is 602. The number of aromatic amines is 1. The van der Waals surface area contributed by atoms with Crippen molar-refractivity contribution in [1.82, 2.24) is 9.88 Å². The van der Waals surface area contributed by atoms with Crippen molar-refractivity contribution in [2.45, 2.75) is 6.92 Å². The molecule has 1 amide bonds. The van der Waals surface area contributed by atoms with Gasteiger partial charge in [-0.3, -0.25) is 4.79 Å². The van der Waals surface area contributed by atoms with Crippen LogP contribution in [0.4, 0.5) is 0 Å². The number of hydrogen-bond acceptors (Lipinski definition) is 3. The number of nitrogens with one attached hydrogen (secondary N) is 1. The topological polar surface area (TPSA) is 76.6 Å². The Morgan fingerprint density at radius 1 is 1.30 bits per heavy atom. The van der Waals surface area contributed by atoms with E-state index in [0.29, 0.717) is 12.1 Å². The van der Waals surface area contributed by atoms with E-state index in [1.54, 1.807) is 20.0 Å². The third-order valence-corrected chi connectivity index (χ3v) is 3.53. The summed E-state index contributed by atoms with van der Waals surface area (Å²) in [6.45, 7) is 1.70. The number of hydrogen-bond donors (Lipinski definition) is 3. The van der Waals surface area contributed by atoms with Crippen LogP contribution in [0.15, 0.2) is 30.5 Å². The molecule has 20 heavy (non-hydrogen) atoms. The van der Waals surface area contributed by atoms with Gasteiger partial charge in [0.2, 0.25) is 0 Å². The number of amides is 1. The first-order valence-electron chi connectivity index (χ1n) is 6.53.